The standard InChI is InChI=1S/C19H19N/c1-15(17-7-3-2-4-8-17)20-14-16-11-12-18-9-5-6-10-19(18)13-16/h2-13,15,20H,14H2,1H3. The molecule has 0 spiro atoms. The first kappa shape index (κ1) is 12.9. The molecule has 1 N–H and O–H groups in total. The summed E-state index contributed by atoms with van der Waals surface area (Å²) in [5.74, 6) is 0. The van der Waals surface area contributed by atoms with Crippen molar-refractivity contribution in [2.45, 2.75) is 19.5 Å². The quantitative estimate of drug-likeness (QED) is 0.718. The van der Waals surface area contributed by atoms with Crippen LogP contribution in [0.4, 0.5) is 0 Å². The Morgan fingerprint density at radius 1 is 0.800 bits per heavy atom. The number of rotatable bonds is 4. The first-order valence-electron chi connectivity index (χ1n) is 7.09. The minimum atomic E-state index is 0.364. The summed E-state index contributed by atoms with van der Waals surface area (Å²) in [5.41, 5.74) is 2.65. The van der Waals surface area contributed by atoms with Crippen molar-refractivity contribution in [3.05, 3.63) is 83.9 Å². The van der Waals surface area contributed by atoms with Crippen LogP contribution in [-0.2, 0) is 6.54 Å². The predicted octanol–water partition coefficient (Wildman–Crippen LogP) is 4.69. The van der Waals surface area contributed by atoms with E-state index in [-0.39, 0.29) is 0 Å². The average Bonchev–Trinajstić information content (AvgIpc) is 2.53. The van der Waals surface area contributed by atoms with Gasteiger partial charge in [-0.1, -0.05) is 66.7 Å². The molecule has 0 saturated heterocycles. The maximum atomic E-state index is 3.58. The van der Waals surface area contributed by atoms with Gasteiger partial charge in [0.05, 0.1) is 0 Å². The van der Waals surface area contributed by atoms with Crippen molar-refractivity contribution in [1.82, 2.24) is 5.32 Å². The lowest BCUT2D eigenvalue weighted by atomic mass is 10.1. The maximum absolute atomic E-state index is 3.58. The van der Waals surface area contributed by atoms with Crippen LogP contribution in [0.2, 0.25) is 0 Å². The number of hydrogen-bond donors (Lipinski definition) is 1. The van der Waals surface area contributed by atoms with Crippen molar-refractivity contribution in [3.63, 3.8) is 0 Å². The third kappa shape index (κ3) is 2.89. The van der Waals surface area contributed by atoms with Crippen LogP contribution >= 0.6 is 0 Å². The predicted molar refractivity (Wildman–Crippen MR) is 85.6 cm³/mol. The molecule has 20 heavy (non-hydrogen) atoms. The molecule has 0 aromatic heterocycles. The molecule has 100 valence electrons. The monoisotopic (exact) mass is 261 g/mol. The maximum Gasteiger partial charge on any atom is 0.0294 e. The van der Waals surface area contributed by atoms with Gasteiger partial charge in [-0.05, 0) is 34.9 Å². The fraction of sp³-hybridized carbons (Fsp3) is 0.158. The van der Waals surface area contributed by atoms with E-state index in [2.05, 4.69) is 85.0 Å². The van der Waals surface area contributed by atoms with Gasteiger partial charge in [0.1, 0.15) is 0 Å². The molecule has 3 aromatic rings. The Balaban J connectivity index is 1.70. The summed E-state index contributed by atoms with van der Waals surface area (Å²) in [7, 11) is 0. The van der Waals surface area contributed by atoms with Crippen molar-refractivity contribution >= 4 is 10.8 Å². The molecule has 0 fully saturated rings. The summed E-state index contributed by atoms with van der Waals surface area (Å²) in [6.07, 6.45) is 0. The Kier molecular flexibility index (Phi) is 3.80. The van der Waals surface area contributed by atoms with Crippen LogP contribution in [0.3, 0.4) is 0 Å². The lowest BCUT2D eigenvalue weighted by Gasteiger charge is -2.14. The molecule has 0 bridgehead atoms. The normalized spacial score (nSPS) is 12.4. The second-order valence-electron chi connectivity index (χ2n) is 5.19. The lowest BCUT2D eigenvalue weighted by molar-refractivity contribution is 0.575. The molecule has 3 aromatic carbocycles. The Hall–Kier alpha value is -2.12. The zero-order valence-corrected chi connectivity index (χ0v) is 11.7. The lowest BCUT2D eigenvalue weighted by Crippen LogP contribution is -2.17. The van der Waals surface area contributed by atoms with E-state index >= 15 is 0 Å². The molecule has 0 aliphatic heterocycles. The zero-order valence-electron chi connectivity index (χ0n) is 11.7. The summed E-state index contributed by atoms with van der Waals surface area (Å²) >= 11 is 0. The highest BCUT2D eigenvalue weighted by atomic mass is 14.9. The number of fused-ring (bicyclic) bond motifs is 1. The second-order valence-corrected chi connectivity index (χ2v) is 5.19. The largest absolute Gasteiger partial charge is 0.306 e. The first-order valence-corrected chi connectivity index (χ1v) is 7.09. The molecule has 0 radical (unpaired) electrons. The molecule has 3 rings (SSSR count). The van der Waals surface area contributed by atoms with Gasteiger partial charge in [0.2, 0.25) is 0 Å². The molecular formula is C19H19N. The van der Waals surface area contributed by atoms with Gasteiger partial charge in [0.15, 0.2) is 0 Å². The fourth-order valence-corrected chi connectivity index (χ4v) is 2.48. The Morgan fingerprint density at radius 2 is 1.50 bits per heavy atom. The molecular weight excluding hydrogens is 242 g/mol. The van der Waals surface area contributed by atoms with Gasteiger partial charge in [-0.2, -0.15) is 0 Å². The van der Waals surface area contributed by atoms with Crippen LogP contribution in [0.5, 0.6) is 0 Å². The van der Waals surface area contributed by atoms with Gasteiger partial charge in [0.25, 0.3) is 0 Å². The molecule has 0 aliphatic rings. The Morgan fingerprint density at radius 3 is 2.30 bits per heavy atom. The minimum Gasteiger partial charge on any atom is -0.306 e. The number of nitrogens with one attached hydrogen (secondary N) is 1. The van der Waals surface area contributed by atoms with Crippen molar-refractivity contribution in [1.29, 1.82) is 0 Å². The minimum absolute atomic E-state index is 0.364. The van der Waals surface area contributed by atoms with Crippen molar-refractivity contribution in [2.75, 3.05) is 0 Å². The molecule has 1 atom stereocenters. The van der Waals surface area contributed by atoms with E-state index in [9.17, 15) is 0 Å². The molecule has 0 saturated carbocycles. The third-order valence-corrected chi connectivity index (χ3v) is 3.73. The van der Waals surface area contributed by atoms with E-state index in [4.69, 9.17) is 0 Å². The van der Waals surface area contributed by atoms with Gasteiger partial charge in [0, 0.05) is 12.6 Å². The van der Waals surface area contributed by atoms with Crippen LogP contribution in [0.25, 0.3) is 10.8 Å². The van der Waals surface area contributed by atoms with Gasteiger partial charge in [-0.25, -0.2) is 0 Å². The highest BCUT2D eigenvalue weighted by Crippen LogP contribution is 2.17. The van der Waals surface area contributed by atoms with Crippen LogP contribution < -0.4 is 5.32 Å². The van der Waals surface area contributed by atoms with Gasteiger partial charge in [-0.3, -0.25) is 0 Å². The van der Waals surface area contributed by atoms with E-state index < -0.39 is 0 Å². The topological polar surface area (TPSA) is 12.0 Å². The van der Waals surface area contributed by atoms with Crippen LogP contribution in [0.1, 0.15) is 24.1 Å². The summed E-state index contributed by atoms with van der Waals surface area (Å²) < 4.78 is 0. The summed E-state index contributed by atoms with van der Waals surface area (Å²) in [5, 5.41) is 6.18. The van der Waals surface area contributed by atoms with Gasteiger partial charge >= 0.3 is 0 Å². The third-order valence-electron chi connectivity index (χ3n) is 3.73. The van der Waals surface area contributed by atoms with E-state index in [1.807, 2.05) is 0 Å². The van der Waals surface area contributed by atoms with Crippen LogP contribution in [0.15, 0.2) is 72.8 Å². The summed E-state index contributed by atoms with van der Waals surface area (Å²) in [4.78, 5) is 0. The van der Waals surface area contributed by atoms with E-state index in [1.165, 1.54) is 21.9 Å². The highest BCUT2D eigenvalue weighted by molar-refractivity contribution is 5.82. The molecule has 0 heterocycles. The SMILES string of the molecule is CC(NCc1ccc2ccccc2c1)c1ccccc1. The average molecular weight is 261 g/mol. The smallest absolute Gasteiger partial charge is 0.0294 e. The highest BCUT2D eigenvalue weighted by Gasteiger charge is 2.04. The number of benzene rings is 3. The second kappa shape index (κ2) is 5.89. The van der Waals surface area contributed by atoms with E-state index in [0.29, 0.717) is 6.04 Å². The molecule has 1 unspecified atom stereocenters. The zero-order chi connectivity index (χ0) is 13.8. The van der Waals surface area contributed by atoms with E-state index in [0.717, 1.165) is 6.54 Å². The summed E-state index contributed by atoms with van der Waals surface area (Å²) in [6, 6.07) is 26.1. The van der Waals surface area contributed by atoms with Crippen LogP contribution in [0, 0.1) is 0 Å². The van der Waals surface area contributed by atoms with Gasteiger partial charge < -0.3 is 5.32 Å². The fourth-order valence-electron chi connectivity index (χ4n) is 2.48. The van der Waals surface area contributed by atoms with Crippen molar-refractivity contribution in [2.24, 2.45) is 0 Å². The Labute approximate surface area is 120 Å². The molecule has 1 nitrogen and oxygen atoms in total. The first-order chi connectivity index (χ1) is 9.83. The Bertz CT molecular complexity index is 688. The summed E-state index contributed by atoms with van der Waals surface area (Å²) in [6.45, 7) is 3.09. The molecule has 1 heteroatoms. The van der Waals surface area contributed by atoms with Gasteiger partial charge in [-0.15, -0.1) is 0 Å². The molecule has 0 aliphatic carbocycles. The van der Waals surface area contributed by atoms with Crippen LogP contribution in [-0.4, -0.2) is 0 Å². The van der Waals surface area contributed by atoms with Crippen molar-refractivity contribution < 1.29 is 0 Å². The molecule has 0 amide bonds. The number of hydrogen-bond acceptors (Lipinski definition) is 1. The van der Waals surface area contributed by atoms with E-state index in [1.54, 1.807) is 0 Å². The van der Waals surface area contributed by atoms with Crippen molar-refractivity contribution in [3.8, 4) is 0 Å².